The fourth-order valence-corrected chi connectivity index (χ4v) is 2.56. The van der Waals surface area contributed by atoms with Crippen LogP contribution in [-0.4, -0.2) is 29.5 Å². The zero-order valence-electron chi connectivity index (χ0n) is 12.4. The second-order valence-corrected chi connectivity index (χ2v) is 4.96. The Bertz CT molecular complexity index is 509. The number of nitrogens with one attached hydrogen (secondary N) is 1. The van der Waals surface area contributed by atoms with E-state index >= 15 is 0 Å². The Morgan fingerprint density at radius 2 is 2.05 bits per heavy atom. The van der Waals surface area contributed by atoms with Crippen LogP contribution in [0.1, 0.15) is 24.2 Å². The highest BCUT2D eigenvalue weighted by Gasteiger charge is 2.22. The van der Waals surface area contributed by atoms with Gasteiger partial charge in [0, 0.05) is 26.4 Å². The van der Waals surface area contributed by atoms with Crippen molar-refractivity contribution in [1.29, 1.82) is 0 Å². The van der Waals surface area contributed by atoms with Gasteiger partial charge in [0.15, 0.2) is 0 Å². The molecule has 2 rings (SSSR count). The van der Waals surface area contributed by atoms with Gasteiger partial charge < -0.3 is 10.1 Å². The fourth-order valence-electron chi connectivity index (χ4n) is 2.56. The van der Waals surface area contributed by atoms with Gasteiger partial charge in [-0.1, -0.05) is 37.3 Å². The predicted molar refractivity (Wildman–Crippen MR) is 80.6 cm³/mol. The lowest BCUT2D eigenvalue weighted by molar-refractivity contribution is 0.0684. The highest BCUT2D eigenvalue weighted by Crippen LogP contribution is 2.23. The average Bonchev–Trinajstić information content (AvgIpc) is 2.86. The highest BCUT2D eigenvalue weighted by molar-refractivity contribution is 5.20. The van der Waals surface area contributed by atoms with Crippen LogP contribution < -0.4 is 5.32 Å². The number of benzene rings is 1. The third-order valence-corrected chi connectivity index (χ3v) is 3.43. The molecule has 0 spiro atoms. The van der Waals surface area contributed by atoms with Gasteiger partial charge in [-0.05, 0) is 24.1 Å². The molecule has 2 unspecified atom stereocenters. The van der Waals surface area contributed by atoms with Crippen molar-refractivity contribution in [2.24, 2.45) is 7.05 Å². The minimum atomic E-state index is 0.0383. The summed E-state index contributed by atoms with van der Waals surface area (Å²) in [6.45, 7) is 3.03. The Hall–Kier alpha value is -1.65. The number of ether oxygens (including phenoxy) is 1. The molecule has 20 heavy (non-hydrogen) atoms. The molecule has 4 heteroatoms. The van der Waals surface area contributed by atoms with E-state index in [-0.39, 0.29) is 12.1 Å². The SMILES string of the molecule is CCNC(Cc1cnn(C)c1)C(OC)c1ccccc1. The van der Waals surface area contributed by atoms with E-state index in [0.717, 1.165) is 13.0 Å². The van der Waals surface area contributed by atoms with E-state index in [4.69, 9.17) is 4.74 Å². The van der Waals surface area contributed by atoms with Gasteiger partial charge in [-0.15, -0.1) is 0 Å². The monoisotopic (exact) mass is 273 g/mol. The van der Waals surface area contributed by atoms with E-state index < -0.39 is 0 Å². The van der Waals surface area contributed by atoms with Crippen LogP contribution in [0, 0.1) is 0 Å². The normalized spacial score (nSPS) is 14.2. The number of hydrogen-bond acceptors (Lipinski definition) is 3. The molecule has 0 fully saturated rings. The summed E-state index contributed by atoms with van der Waals surface area (Å²) in [6.07, 6.45) is 4.91. The van der Waals surface area contributed by atoms with Crippen molar-refractivity contribution >= 4 is 0 Å². The molecule has 0 saturated carbocycles. The third kappa shape index (κ3) is 3.68. The molecule has 1 N–H and O–H groups in total. The molecule has 0 aliphatic carbocycles. The summed E-state index contributed by atoms with van der Waals surface area (Å²) in [7, 11) is 3.71. The molecule has 0 radical (unpaired) electrons. The summed E-state index contributed by atoms with van der Waals surface area (Å²) < 4.78 is 7.58. The molecule has 1 aromatic heterocycles. The first-order valence-electron chi connectivity index (χ1n) is 7.03. The number of rotatable bonds is 7. The van der Waals surface area contributed by atoms with Crippen LogP contribution in [0.25, 0.3) is 0 Å². The van der Waals surface area contributed by atoms with Gasteiger partial charge in [-0.3, -0.25) is 4.68 Å². The third-order valence-electron chi connectivity index (χ3n) is 3.43. The van der Waals surface area contributed by atoms with E-state index in [1.165, 1.54) is 11.1 Å². The quantitative estimate of drug-likeness (QED) is 0.841. The Kier molecular flexibility index (Phi) is 5.32. The molecule has 4 nitrogen and oxygen atoms in total. The maximum absolute atomic E-state index is 5.74. The second kappa shape index (κ2) is 7.22. The van der Waals surface area contributed by atoms with E-state index in [9.17, 15) is 0 Å². The topological polar surface area (TPSA) is 39.1 Å². The van der Waals surface area contributed by atoms with Gasteiger partial charge in [0.2, 0.25) is 0 Å². The lowest BCUT2D eigenvalue weighted by Gasteiger charge is -2.27. The van der Waals surface area contributed by atoms with Crippen LogP contribution in [0.2, 0.25) is 0 Å². The summed E-state index contributed by atoms with van der Waals surface area (Å²) in [4.78, 5) is 0. The van der Waals surface area contributed by atoms with Crippen LogP contribution in [0.5, 0.6) is 0 Å². The maximum Gasteiger partial charge on any atom is 0.0977 e. The summed E-state index contributed by atoms with van der Waals surface area (Å²) in [5.41, 5.74) is 2.42. The van der Waals surface area contributed by atoms with Gasteiger partial charge in [0.1, 0.15) is 0 Å². The molecule has 0 saturated heterocycles. The number of aryl methyl sites for hydroxylation is 1. The first kappa shape index (κ1) is 14.8. The first-order chi connectivity index (χ1) is 9.74. The van der Waals surface area contributed by atoms with Gasteiger partial charge in [-0.25, -0.2) is 0 Å². The smallest absolute Gasteiger partial charge is 0.0977 e. The zero-order valence-corrected chi connectivity index (χ0v) is 12.4. The molecule has 1 aromatic carbocycles. The molecular formula is C16H23N3O. The number of nitrogens with zero attached hydrogens (tertiary/aromatic N) is 2. The van der Waals surface area contributed by atoms with Crippen molar-refractivity contribution in [2.45, 2.75) is 25.5 Å². The van der Waals surface area contributed by atoms with Crippen LogP contribution in [0.4, 0.5) is 0 Å². The molecule has 2 aromatic rings. The minimum Gasteiger partial charge on any atom is -0.375 e. The second-order valence-electron chi connectivity index (χ2n) is 4.96. The van der Waals surface area contributed by atoms with Crippen molar-refractivity contribution in [3.8, 4) is 0 Å². The Morgan fingerprint density at radius 1 is 1.30 bits per heavy atom. The van der Waals surface area contributed by atoms with Crippen molar-refractivity contribution in [1.82, 2.24) is 15.1 Å². The molecule has 0 bridgehead atoms. The van der Waals surface area contributed by atoms with E-state index in [0.29, 0.717) is 0 Å². The van der Waals surface area contributed by atoms with Crippen molar-refractivity contribution in [2.75, 3.05) is 13.7 Å². The fraction of sp³-hybridized carbons (Fsp3) is 0.438. The molecule has 108 valence electrons. The van der Waals surface area contributed by atoms with Crippen LogP contribution in [0.3, 0.4) is 0 Å². The largest absolute Gasteiger partial charge is 0.375 e. The standard InChI is InChI=1S/C16H23N3O/c1-4-17-15(10-13-11-18-19(2)12-13)16(20-3)14-8-6-5-7-9-14/h5-9,11-12,15-17H,4,10H2,1-3H3. The number of aromatic nitrogens is 2. The Morgan fingerprint density at radius 3 is 2.60 bits per heavy atom. The number of likely N-dealkylation sites (N-methyl/N-ethyl adjacent to an activating group) is 1. The van der Waals surface area contributed by atoms with E-state index in [2.05, 4.69) is 47.8 Å². The van der Waals surface area contributed by atoms with Crippen LogP contribution >= 0.6 is 0 Å². The molecule has 0 amide bonds. The molecular weight excluding hydrogens is 250 g/mol. The lowest BCUT2D eigenvalue weighted by Crippen LogP contribution is -2.37. The average molecular weight is 273 g/mol. The highest BCUT2D eigenvalue weighted by atomic mass is 16.5. The van der Waals surface area contributed by atoms with Gasteiger partial charge in [-0.2, -0.15) is 5.10 Å². The van der Waals surface area contributed by atoms with E-state index in [1.807, 2.05) is 24.0 Å². The summed E-state index contributed by atoms with van der Waals surface area (Å²) >= 11 is 0. The van der Waals surface area contributed by atoms with Crippen LogP contribution in [-0.2, 0) is 18.2 Å². The molecule has 2 atom stereocenters. The summed E-state index contributed by atoms with van der Waals surface area (Å²) in [5, 5.41) is 7.76. The van der Waals surface area contributed by atoms with Crippen molar-refractivity contribution in [3.05, 3.63) is 53.9 Å². The van der Waals surface area contributed by atoms with Gasteiger partial charge in [0.05, 0.1) is 12.3 Å². The Labute approximate surface area is 120 Å². The molecule has 0 aliphatic rings. The first-order valence-corrected chi connectivity index (χ1v) is 7.03. The van der Waals surface area contributed by atoms with Crippen molar-refractivity contribution < 1.29 is 4.74 Å². The van der Waals surface area contributed by atoms with Gasteiger partial charge in [0.25, 0.3) is 0 Å². The zero-order chi connectivity index (χ0) is 14.4. The Balaban J connectivity index is 2.17. The lowest BCUT2D eigenvalue weighted by atomic mass is 9.97. The molecule has 1 heterocycles. The summed E-state index contributed by atoms with van der Waals surface area (Å²) in [6, 6.07) is 10.6. The molecule has 0 aliphatic heterocycles. The van der Waals surface area contributed by atoms with E-state index in [1.54, 1.807) is 7.11 Å². The minimum absolute atomic E-state index is 0.0383. The number of hydrogen-bond donors (Lipinski definition) is 1. The maximum atomic E-state index is 5.74. The van der Waals surface area contributed by atoms with Crippen LogP contribution in [0.15, 0.2) is 42.7 Å². The number of methoxy groups -OCH3 is 1. The van der Waals surface area contributed by atoms with Crippen molar-refractivity contribution in [3.63, 3.8) is 0 Å². The predicted octanol–water partition coefficient (Wildman–Crippen LogP) is 2.33. The summed E-state index contributed by atoms with van der Waals surface area (Å²) in [5.74, 6) is 0. The van der Waals surface area contributed by atoms with Gasteiger partial charge >= 0.3 is 0 Å².